The Labute approximate surface area is 190 Å². The van der Waals surface area contributed by atoms with Gasteiger partial charge in [-0.15, -0.1) is 0 Å². The van der Waals surface area contributed by atoms with Crippen molar-refractivity contribution in [2.24, 2.45) is 0 Å². The summed E-state index contributed by atoms with van der Waals surface area (Å²) in [4.78, 5) is 20.7. The van der Waals surface area contributed by atoms with Gasteiger partial charge >= 0.3 is 5.63 Å². The van der Waals surface area contributed by atoms with Gasteiger partial charge in [0, 0.05) is 35.4 Å². The van der Waals surface area contributed by atoms with E-state index in [9.17, 15) is 4.79 Å². The Hall–Kier alpha value is -3.86. The molecule has 5 heteroatoms. The summed E-state index contributed by atoms with van der Waals surface area (Å²) < 4.78 is 8.12. The first-order valence-corrected chi connectivity index (χ1v) is 11.7. The molecule has 0 fully saturated rings. The van der Waals surface area contributed by atoms with Crippen LogP contribution in [0.3, 0.4) is 0 Å². The van der Waals surface area contributed by atoms with Crippen molar-refractivity contribution in [3.05, 3.63) is 88.3 Å². The lowest BCUT2D eigenvalue weighted by molar-refractivity contribution is 0.551. The second kappa shape index (κ2) is 7.07. The van der Waals surface area contributed by atoms with Gasteiger partial charge in [0.25, 0.3) is 0 Å². The fourth-order valence-corrected chi connectivity index (χ4v) is 5.65. The van der Waals surface area contributed by atoms with Crippen molar-refractivity contribution in [1.82, 2.24) is 9.55 Å². The van der Waals surface area contributed by atoms with Gasteiger partial charge in [-0.3, -0.25) is 4.57 Å². The number of fused-ring (bicyclic) bond motifs is 3. The molecule has 0 saturated carbocycles. The predicted octanol–water partition coefficient (Wildman–Crippen LogP) is 5.50. The molecule has 162 valence electrons. The molecule has 0 bridgehead atoms. The van der Waals surface area contributed by atoms with E-state index in [4.69, 9.17) is 9.40 Å². The van der Waals surface area contributed by atoms with Gasteiger partial charge in [-0.1, -0.05) is 30.3 Å². The summed E-state index contributed by atoms with van der Waals surface area (Å²) in [6, 6.07) is 22.3. The van der Waals surface area contributed by atoms with Gasteiger partial charge in [0.2, 0.25) is 0 Å². The third-order valence-electron chi connectivity index (χ3n) is 7.03. The number of para-hydroxylation sites is 3. The third-order valence-corrected chi connectivity index (χ3v) is 7.03. The molecule has 7 rings (SSSR count). The molecule has 0 atom stereocenters. The Morgan fingerprint density at radius 1 is 0.879 bits per heavy atom. The van der Waals surface area contributed by atoms with Crippen LogP contribution in [0.15, 0.2) is 75.9 Å². The van der Waals surface area contributed by atoms with Crippen molar-refractivity contribution in [2.45, 2.75) is 25.7 Å². The Bertz CT molecular complexity index is 1600. The molecule has 0 unspecified atom stereocenters. The first kappa shape index (κ1) is 18.7. The quantitative estimate of drug-likeness (QED) is 0.345. The van der Waals surface area contributed by atoms with Crippen molar-refractivity contribution in [3.8, 4) is 17.1 Å². The zero-order chi connectivity index (χ0) is 21.9. The molecule has 0 radical (unpaired) electrons. The highest BCUT2D eigenvalue weighted by atomic mass is 16.4. The number of rotatable bonds is 2. The highest BCUT2D eigenvalue weighted by Crippen LogP contribution is 2.40. The molecular weight excluding hydrogens is 410 g/mol. The fourth-order valence-electron chi connectivity index (χ4n) is 5.65. The van der Waals surface area contributed by atoms with Crippen molar-refractivity contribution < 1.29 is 4.42 Å². The summed E-state index contributed by atoms with van der Waals surface area (Å²) in [7, 11) is 0. The number of imidazole rings is 1. The van der Waals surface area contributed by atoms with Crippen LogP contribution >= 0.6 is 0 Å². The second-order valence-corrected chi connectivity index (χ2v) is 9.02. The van der Waals surface area contributed by atoms with Crippen molar-refractivity contribution in [2.75, 3.05) is 18.0 Å². The van der Waals surface area contributed by atoms with Crippen LogP contribution in [0, 0.1) is 0 Å². The number of nitrogens with zero attached hydrogens (tertiary/aromatic N) is 3. The van der Waals surface area contributed by atoms with Crippen LogP contribution in [-0.2, 0) is 12.8 Å². The zero-order valence-electron chi connectivity index (χ0n) is 18.3. The second-order valence-electron chi connectivity index (χ2n) is 9.02. The van der Waals surface area contributed by atoms with Gasteiger partial charge in [-0.25, -0.2) is 9.78 Å². The minimum atomic E-state index is -0.334. The van der Waals surface area contributed by atoms with Gasteiger partial charge < -0.3 is 9.32 Å². The topological polar surface area (TPSA) is 51.3 Å². The molecule has 0 saturated heterocycles. The van der Waals surface area contributed by atoms with E-state index < -0.39 is 0 Å². The van der Waals surface area contributed by atoms with E-state index in [1.165, 1.54) is 23.2 Å². The highest BCUT2D eigenvalue weighted by molar-refractivity contribution is 5.91. The van der Waals surface area contributed by atoms with E-state index in [0.29, 0.717) is 11.4 Å². The summed E-state index contributed by atoms with van der Waals surface area (Å²) in [5, 5.41) is 0.994. The largest absolute Gasteiger partial charge is 0.422 e. The lowest BCUT2D eigenvalue weighted by Gasteiger charge is -2.37. The SMILES string of the molecule is O=c1oc2c3c4c(cc2cc1-c1nc2ccccc2n1-c1ccccc1)CCCN4CCC3. The maximum absolute atomic E-state index is 13.4. The molecule has 3 aromatic carbocycles. The molecular formula is C28H23N3O2. The Morgan fingerprint density at radius 2 is 1.67 bits per heavy atom. The summed E-state index contributed by atoms with van der Waals surface area (Å²) in [5.74, 6) is 0.617. The van der Waals surface area contributed by atoms with Crippen LogP contribution < -0.4 is 10.5 Å². The van der Waals surface area contributed by atoms with Crippen molar-refractivity contribution in [1.29, 1.82) is 0 Å². The molecule has 2 aliphatic rings. The van der Waals surface area contributed by atoms with E-state index in [1.807, 2.05) is 60.7 Å². The lowest BCUT2D eigenvalue weighted by atomic mass is 9.90. The van der Waals surface area contributed by atoms with Crippen LogP contribution in [0.1, 0.15) is 24.0 Å². The third kappa shape index (κ3) is 2.78. The van der Waals surface area contributed by atoms with Crippen LogP contribution in [0.4, 0.5) is 5.69 Å². The van der Waals surface area contributed by atoms with Crippen molar-refractivity contribution in [3.63, 3.8) is 0 Å². The molecule has 0 amide bonds. The minimum Gasteiger partial charge on any atom is -0.422 e. The number of benzene rings is 3. The lowest BCUT2D eigenvalue weighted by Crippen LogP contribution is -2.34. The summed E-state index contributed by atoms with van der Waals surface area (Å²) in [6.45, 7) is 2.18. The number of aromatic nitrogens is 2. The first-order valence-electron chi connectivity index (χ1n) is 11.7. The molecule has 4 heterocycles. The molecule has 0 aliphatic carbocycles. The average molecular weight is 434 g/mol. The Kier molecular flexibility index (Phi) is 4.00. The summed E-state index contributed by atoms with van der Waals surface area (Å²) in [5.41, 5.74) is 7.59. The summed E-state index contributed by atoms with van der Waals surface area (Å²) in [6.07, 6.45) is 4.30. The first-order chi connectivity index (χ1) is 16.3. The van der Waals surface area contributed by atoms with E-state index in [2.05, 4.69) is 15.5 Å². The molecule has 0 N–H and O–H groups in total. The molecule has 5 nitrogen and oxygen atoms in total. The van der Waals surface area contributed by atoms with Gasteiger partial charge in [0.15, 0.2) is 5.82 Å². The maximum Gasteiger partial charge on any atom is 0.347 e. The standard InChI is InChI=1S/C28H23N3O2/c32-28-22(27-29-23-12-4-5-13-24(23)31(27)20-9-2-1-3-10-20)17-19-16-18-8-6-14-30-15-7-11-21(25(18)30)26(19)33-28/h1-5,9-10,12-13,16-17H,6-8,11,14-15H2. The normalized spacial score (nSPS) is 15.2. The monoisotopic (exact) mass is 433 g/mol. The molecule has 5 aromatic rings. The Balaban J connectivity index is 1.52. The molecule has 0 spiro atoms. The number of hydrogen-bond donors (Lipinski definition) is 0. The van der Waals surface area contributed by atoms with E-state index in [1.54, 1.807) is 0 Å². The van der Waals surface area contributed by atoms with Crippen LogP contribution in [0.25, 0.3) is 39.1 Å². The smallest absolute Gasteiger partial charge is 0.347 e. The van der Waals surface area contributed by atoms with Gasteiger partial charge in [-0.2, -0.15) is 0 Å². The Morgan fingerprint density at radius 3 is 2.55 bits per heavy atom. The zero-order valence-corrected chi connectivity index (χ0v) is 18.3. The molecule has 2 aromatic heterocycles. The minimum absolute atomic E-state index is 0.334. The van der Waals surface area contributed by atoms with E-state index in [-0.39, 0.29) is 5.63 Å². The molecule has 33 heavy (non-hydrogen) atoms. The average Bonchev–Trinajstić information content (AvgIpc) is 3.24. The number of hydrogen-bond acceptors (Lipinski definition) is 4. The van der Waals surface area contributed by atoms with Crippen LogP contribution in [0.2, 0.25) is 0 Å². The van der Waals surface area contributed by atoms with Crippen molar-refractivity contribution >= 4 is 27.7 Å². The van der Waals surface area contributed by atoms with E-state index >= 15 is 0 Å². The van der Waals surface area contributed by atoms with Gasteiger partial charge in [0.1, 0.15) is 11.1 Å². The number of anilines is 1. The fraction of sp³-hybridized carbons (Fsp3) is 0.214. The highest BCUT2D eigenvalue weighted by Gasteiger charge is 2.28. The van der Waals surface area contributed by atoms with Crippen LogP contribution in [0.5, 0.6) is 0 Å². The summed E-state index contributed by atoms with van der Waals surface area (Å²) >= 11 is 0. The van der Waals surface area contributed by atoms with Crippen LogP contribution in [-0.4, -0.2) is 22.6 Å². The number of aryl methyl sites for hydroxylation is 2. The predicted molar refractivity (Wildman–Crippen MR) is 131 cm³/mol. The maximum atomic E-state index is 13.4. The van der Waals surface area contributed by atoms with E-state index in [0.717, 1.165) is 60.0 Å². The van der Waals surface area contributed by atoms with Gasteiger partial charge in [-0.05, 0) is 67.6 Å². The van der Waals surface area contributed by atoms with Gasteiger partial charge in [0.05, 0.1) is 11.0 Å². The molecule has 2 aliphatic heterocycles.